The summed E-state index contributed by atoms with van der Waals surface area (Å²) in [4.78, 5) is 0. The summed E-state index contributed by atoms with van der Waals surface area (Å²) in [5.41, 5.74) is 3.39. The molecule has 0 fully saturated rings. The third-order valence-corrected chi connectivity index (χ3v) is 4.02. The fourth-order valence-electron chi connectivity index (χ4n) is 2.49. The van der Waals surface area contributed by atoms with Gasteiger partial charge in [-0.3, -0.25) is 0 Å². The van der Waals surface area contributed by atoms with E-state index in [0.717, 1.165) is 24.9 Å². The van der Waals surface area contributed by atoms with Crippen LogP contribution in [-0.2, 0) is 12.8 Å². The molecule has 0 saturated carbocycles. The van der Waals surface area contributed by atoms with E-state index in [4.69, 9.17) is 11.6 Å². The molecule has 112 valence electrons. The van der Waals surface area contributed by atoms with Gasteiger partial charge in [-0.2, -0.15) is 0 Å². The summed E-state index contributed by atoms with van der Waals surface area (Å²) in [7, 11) is 0. The van der Waals surface area contributed by atoms with Crippen molar-refractivity contribution in [2.75, 3.05) is 6.54 Å². The smallest absolute Gasteiger partial charge is 0.142 e. The van der Waals surface area contributed by atoms with Gasteiger partial charge in [0.25, 0.3) is 0 Å². The highest BCUT2D eigenvalue weighted by molar-refractivity contribution is 6.31. The summed E-state index contributed by atoms with van der Waals surface area (Å²) >= 11 is 6.06. The van der Waals surface area contributed by atoms with E-state index < -0.39 is 0 Å². The van der Waals surface area contributed by atoms with Gasteiger partial charge < -0.3 is 5.32 Å². The second kappa shape index (κ2) is 7.58. The lowest BCUT2D eigenvalue weighted by Gasteiger charge is -2.19. The van der Waals surface area contributed by atoms with Gasteiger partial charge >= 0.3 is 0 Å². The Morgan fingerprint density at radius 1 is 1.10 bits per heavy atom. The second-order valence-corrected chi connectivity index (χ2v) is 5.74. The molecule has 1 atom stereocenters. The van der Waals surface area contributed by atoms with Crippen LogP contribution in [0.2, 0.25) is 5.02 Å². The van der Waals surface area contributed by atoms with Crippen LogP contribution < -0.4 is 5.32 Å². The minimum atomic E-state index is -0.347. The maximum atomic E-state index is 13.5. The van der Waals surface area contributed by atoms with Crippen LogP contribution in [0.25, 0.3) is 0 Å². The Labute approximate surface area is 131 Å². The van der Waals surface area contributed by atoms with Crippen LogP contribution in [0.15, 0.2) is 42.5 Å². The van der Waals surface area contributed by atoms with Crippen molar-refractivity contribution in [3.63, 3.8) is 0 Å². The summed E-state index contributed by atoms with van der Waals surface area (Å²) in [5, 5.41) is 3.70. The normalized spacial score (nSPS) is 12.4. The average molecular weight is 306 g/mol. The first-order chi connectivity index (χ1) is 10.1. The SMILES string of the molecule is CCNC(Cc1ccc(C)cc1)Cc1cccc(F)c1Cl. The Hall–Kier alpha value is -1.38. The molecule has 0 saturated heterocycles. The van der Waals surface area contributed by atoms with Crippen molar-refractivity contribution < 1.29 is 4.39 Å². The second-order valence-electron chi connectivity index (χ2n) is 5.36. The minimum absolute atomic E-state index is 0.240. The largest absolute Gasteiger partial charge is 0.314 e. The molecule has 2 rings (SSSR count). The van der Waals surface area contributed by atoms with Crippen LogP contribution in [0, 0.1) is 12.7 Å². The Bertz CT molecular complexity index is 580. The molecular weight excluding hydrogens is 285 g/mol. The van der Waals surface area contributed by atoms with E-state index in [2.05, 4.69) is 43.4 Å². The highest BCUT2D eigenvalue weighted by Gasteiger charge is 2.13. The summed E-state index contributed by atoms with van der Waals surface area (Å²) in [6.45, 7) is 5.04. The molecule has 3 heteroatoms. The molecule has 2 aromatic carbocycles. The van der Waals surface area contributed by atoms with E-state index in [-0.39, 0.29) is 16.9 Å². The standard InChI is InChI=1S/C18H21ClFN/c1-3-21-16(11-14-9-7-13(2)8-10-14)12-15-5-4-6-17(20)18(15)19/h4-10,16,21H,3,11-12H2,1-2H3. The van der Waals surface area contributed by atoms with Gasteiger partial charge in [-0.1, -0.05) is 60.5 Å². The number of nitrogens with one attached hydrogen (secondary N) is 1. The highest BCUT2D eigenvalue weighted by atomic mass is 35.5. The van der Waals surface area contributed by atoms with Crippen LogP contribution in [-0.4, -0.2) is 12.6 Å². The molecular formula is C18H21ClFN. The molecule has 0 aliphatic carbocycles. The van der Waals surface area contributed by atoms with E-state index in [0.29, 0.717) is 0 Å². The number of benzene rings is 2. The van der Waals surface area contributed by atoms with E-state index in [1.165, 1.54) is 17.2 Å². The van der Waals surface area contributed by atoms with Gasteiger partial charge in [0.15, 0.2) is 0 Å². The molecule has 0 aromatic heterocycles. The van der Waals surface area contributed by atoms with Crippen molar-refractivity contribution in [2.24, 2.45) is 0 Å². The number of likely N-dealkylation sites (N-methyl/N-ethyl adjacent to an activating group) is 1. The lowest BCUT2D eigenvalue weighted by Crippen LogP contribution is -2.33. The number of hydrogen-bond acceptors (Lipinski definition) is 1. The zero-order valence-corrected chi connectivity index (χ0v) is 13.3. The topological polar surface area (TPSA) is 12.0 Å². The molecule has 0 amide bonds. The highest BCUT2D eigenvalue weighted by Crippen LogP contribution is 2.22. The molecule has 0 radical (unpaired) electrons. The average Bonchev–Trinajstić information content (AvgIpc) is 2.46. The Balaban J connectivity index is 2.11. The summed E-state index contributed by atoms with van der Waals surface area (Å²) in [6, 6.07) is 13.8. The molecule has 0 bridgehead atoms. The van der Waals surface area contributed by atoms with Gasteiger partial charge in [0, 0.05) is 6.04 Å². The zero-order valence-electron chi connectivity index (χ0n) is 12.5. The van der Waals surface area contributed by atoms with Crippen LogP contribution in [0.1, 0.15) is 23.6 Å². The van der Waals surface area contributed by atoms with Crippen LogP contribution >= 0.6 is 11.6 Å². The molecule has 2 aromatic rings. The van der Waals surface area contributed by atoms with Crippen molar-refractivity contribution in [3.05, 3.63) is 70.0 Å². The van der Waals surface area contributed by atoms with Gasteiger partial charge in [0.1, 0.15) is 5.82 Å². The number of rotatable bonds is 6. The van der Waals surface area contributed by atoms with Gasteiger partial charge in [-0.25, -0.2) is 4.39 Å². The first-order valence-corrected chi connectivity index (χ1v) is 7.69. The number of aryl methyl sites for hydroxylation is 1. The Morgan fingerprint density at radius 3 is 2.48 bits per heavy atom. The molecule has 0 aliphatic rings. The van der Waals surface area contributed by atoms with Crippen LogP contribution in [0.4, 0.5) is 4.39 Å². The zero-order chi connectivity index (χ0) is 15.2. The first-order valence-electron chi connectivity index (χ1n) is 7.32. The third kappa shape index (κ3) is 4.55. The van der Waals surface area contributed by atoms with Gasteiger partial charge in [0.05, 0.1) is 5.02 Å². The van der Waals surface area contributed by atoms with Crippen LogP contribution in [0.5, 0.6) is 0 Å². The quantitative estimate of drug-likeness (QED) is 0.825. The molecule has 21 heavy (non-hydrogen) atoms. The monoisotopic (exact) mass is 305 g/mol. The lowest BCUT2D eigenvalue weighted by atomic mass is 9.98. The first kappa shape index (κ1) is 16.0. The van der Waals surface area contributed by atoms with E-state index >= 15 is 0 Å². The minimum Gasteiger partial charge on any atom is -0.314 e. The van der Waals surface area contributed by atoms with Crippen molar-refractivity contribution in [1.82, 2.24) is 5.32 Å². The van der Waals surface area contributed by atoms with Crippen molar-refractivity contribution in [3.8, 4) is 0 Å². The fraction of sp³-hybridized carbons (Fsp3) is 0.333. The predicted molar refractivity (Wildman–Crippen MR) is 87.5 cm³/mol. The summed E-state index contributed by atoms with van der Waals surface area (Å²) in [5.74, 6) is -0.347. The molecule has 1 nitrogen and oxygen atoms in total. The number of hydrogen-bond donors (Lipinski definition) is 1. The molecule has 1 unspecified atom stereocenters. The summed E-state index contributed by atoms with van der Waals surface area (Å²) < 4.78 is 13.5. The van der Waals surface area contributed by atoms with Crippen molar-refractivity contribution >= 4 is 11.6 Å². The van der Waals surface area contributed by atoms with Crippen molar-refractivity contribution in [2.45, 2.75) is 32.7 Å². The predicted octanol–water partition coefficient (Wildman–Crippen LogP) is 4.55. The molecule has 1 N–H and O–H groups in total. The van der Waals surface area contributed by atoms with Gasteiger partial charge in [-0.05, 0) is 43.5 Å². The van der Waals surface area contributed by atoms with E-state index in [1.807, 2.05) is 6.07 Å². The van der Waals surface area contributed by atoms with Gasteiger partial charge in [0.2, 0.25) is 0 Å². The maximum absolute atomic E-state index is 13.5. The van der Waals surface area contributed by atoms with Gasteiger partial charge in [-0.15, -0.1) is 0 Å². The molecule has 0 heterocycles. The van der Waals surface area contributed by atoms with Crippen molar-refractivity contribution in [1.29, 1.82) is 0 Å². The fourth-order valence-corrected chi connectivity index (χ4v) is 2.69. The molecule has 0 aliphatic heterocycles. The molecule has 0 spiro atoms. The van der Waals surface area contributed by atoms with Crippen LogP contribution in [0.3, 0.4) is 0 Å². The summed E-state index contributed by atoms with van der Waals surface area (Å²) in [6.07, 6.45) is 1.62. The maximum Gasteiger partial charge on any atom is 0.142 e. The Morgan fingerprint density at radius 2 is 1.81 bits per heavy atom. The Kier molecular flexibility index (Phi) is 5.77. The third-order valence-electron chi connectivity index (χ3n) is 3.59. The van der Waals surface area contributed by atoms with E-state index in [9.17, 15) is 4.39 Å². The number of halogens is 2. The lowest BCUT2D eigenvalue weighted by molar-refractivity contribution is 0.519. The van der Waals surface area contributed by atoms with E-state index in [1.54, 1.807) is 6.07 Å².